The summed E-state index contributed by atoms with van der Waals surface area (Å²) in [7, 11) is 0. The summed E-state index contributed by atoms with van der Waals surface area (Å²) in [5.74, 6) is 6.76. The Labute approximate surface area is 164 Å². The number of benzene rings is 1. The maximum absolute atomic E-state index is 10.2. The number of anilines is 1. The minimum atomic E-state index is -0.683. The van der Waals surface area contributed by atoms with Crippen molar-refractivity contribution in [2.24, 2.45) is 5.84 Å². The van der Waals surface area contributed by atoms with Crippen molar-refractivity contribution in [2.45, 2.75) is 32.4 Å². The van der Waals surface area contributed by atoms with Gasteiger partial charge < -0.3 is 25.3 Å². The number of aliphatic hydroxyl groups is 1. The Kier molecular flexibility index (Phi) is 7.61. The van der Waals surface area contributed by atoms with Gasteiger partial charge in [-0.2, -0.15) is 0 Å². The number of nitrogen functional groups attached to an aromatic ring is 1. The van der Waals surface area contributed by atoms with Crippen LogP contribution in [-0.4, -0.2) is 46.7 Å². The highest BCUT2D eigenvalue weighted by Crippen LogP contribution is 2.25. The average Bonchev–Trinajstić information content (AvgIpc) is 2.66. The van der Waals surface area contributed by atoms with E-state index in [2.05, 4.69) is 20.9 Å². The third-order valence-electron chi connectivity index (χ3n) is 3.83. The van der Waals surface area contributed by atoms with E-state index in [1.807, 2.05) is 32.9 Å². The zero-order valence-corrected chi connectivity index (χ0v) is 16.5. The Balaban J connectivity index is 1.75. The molecule has 0 saturated heterocycles. The van der Waals surface area contributed by atoms with Crippen LogP contribution in [0.4, 0.5) is 5.82 Å². The van der Waals surface area contributed by atoms with Gasteiger partial charge >= 0.3 is 0 Å². The second kappa shape index (κ2) is 9.70. The largest absolute Gasteiger partial charge is 0.491 e. The van der Waals surface area contributed by atoms with Crippen molar-refractivity contribution in [3.05, 3.63) is 40.9 Å². The fraction of sp³-hybridized carbons (Fsp3) is 0.444. The van der Waals surface area contributed by atoms with Crippen molar-refractivity contribution >= 4 is 17.4 Å². The van der Waals surface area contributed by atoms with E-state index < -0.39 is 6.10 Å². The molecule has 5 N–H and O–H groups in total. The molecule has 0 aliphatic carbocycles. The Morgan fingerprint density at radius 3 is 2.67 bits per heavy atom. The van der Waals surface area contributed by atoms with Gasteiger partial charge in [0.05, 0.1) is 0 Å². The van der Waals surface area contributed by atoms with Crippen molar-refractivity contribution in [1.29, 1.82) is 0 Å². The number of hydrogen-bond donors (Lipinski definition) is 4. The molecule has 0 saturated carbocycles. The van der Waals surface area contributed by atoms with E-state index in [1.165, 1.54) is 0 Å². The number of hydrogen-bond acceptors (Lipinski definition) is 8. The molecule has 0 aliphatic rings. The quantitative estimate of drug-likeness (QED) is 0.356. The van der Waals surface area contributed by atoms with E-state index in [9.17, 15) is 5.11 Å². The van der Waals surface area contributed by atoms with Crippen LogP contribution in [0, 0.1) is 6.92 Å². The molecule has 27 heavy (non-hydrogen) atoms. The first-order valence-corrected chi connectivity index (χ1v) is 8.92. The van der Waals surface area contributed by atoms with Gasteiger partial charge in [0.25, 0.3) is 0 Å². The van der Waals surface area contributed by atoms with Gasteiger partial charge in [0, 0.05) is 28.7 Å². The van der Waals surface area contributed by atoms with Crippen molar-refractivity contribution in [1.82, 2.24) is 15.5 Å². The SMILES string of the molecule is Cc1c(Cl)cccc1OCC(O)CNC(C)(C)COc1ccc(NN)nn1. The lowest BCUT2D eigenvalue weighted by atomic mass is 10.1. The minimum absolute atomic E-state index is 0.157. The first kappa shape index (κ1) is 21.2. The highest BCUT2D eigenvalue weighted by atomic mass is 35.5. The number of halogens is 1. The number of aliphatic hydroxyl groups excluding tert-OH is 1. The van der Waals surface area contributed by atoms with E-state index in [0.29, 0.717) is 35.6 Å². The molecule has 1 heterocycles. The highest BCUT2D eigenvalue weighted by molar-refractivity contribution is 6.31. The van der Waals surface area contributed by atoms with Crippen LogP contribution in [0.2, 0.25) is 5.02 Å². The number of nitrogens with zero attached hydrogens (tertiary/aromatic N) is 2. The third kappa shape index (κ3) is 6.84. The molecule has 0 radical (unpaired) electrons. The summed E-state index contributed by atoms with van der Waals surface area (Å²) in [6, 6.07) is 8.78. The molecule has 1 atom stereocenters. The number of ether oxygens (including phenoxy) is 2. The molecule has 0 spiro atoms. The van der Waals surface area contributed by atoms with Gasteiger partial charge in [-0.05, 0) is 39.0 Å². The van der Waals surface area contributed by atoms with Crippen LogP contribution in [0.5, 0.6) is 11.6 Å². The van der Waals surface area contributed by atoms with Crippen LogP contribution < -0.4 is 26.1 Å². The van der Waals surface area contributed by atoms with Crippen LogP contribution in [0.25, 0.3) is 0 Å². The van der Waals surface area contributed by atoms with E-state index in [0.717, 1.165) is 5.56 Å². The summed E-state index contributed by atoms with van der Waals surface area (Å²) in [5.41, 5.74) is 2.86. The van der Waals surface area contributed by atoms with Gasteiger partial charge in [0.1, 0.15) is 25.1 Å². The maximum Gasteiger partial charge on any atom is 0.233 e. The molecular formula is C18H26ClN5O3. The highest BCUT2D eigenvalue weighted by Gasteiger charge is 2.20. The van der Waals surface area contributed by atoms with Gasteiger partial charge in [0.15, 0.2) is 5.82 Å². The predicted octanol–water partition coefficient (Wildman–Crippen LogP) is 1.91. The fourth-order valence-electron chi connectivity index (χ4n) is 2.16. The molecular weight excluding hydrogens is 370 g/mol. The molecule has 0 fully saturated rings. The predicted molar refractivity (Wildman–Crippen MR) is 105 cm³/mol. The molecule has 1 aromatic carbocycles. The van der Waals surface area contributed by atoms with Crippen LogP contribution in [0.15, 0.2) is 30.3 Å². The Hall–Kier alpha value is -2.13. The van der Waals surface area contributed by atoms with E-state index in [1.54, 1.807) is 18.2 Å². The number of hydrazine groups is 1. The topological polar surface area (TPSA) is 115 Å². The molecule has 2 rings (SSSR count). The number of aromatic nitrogens is 2. The van der Waals surface area contributed by atoms with Gasteiger partial charge in [-0.3, -0.25) is 0 Å². The lowest BCUT2D eigenvalue weighted by molar-refractivity contribution is 0.0920. The van der Waals surface area contributed by atoms with Crippen molar-refractivity contribution in [3.8, 4) is 11.6 Å². The summed E-state index contributed by atoms with van der Waals surface area (Å²) in [5, 5.41) is 21.8. The molecule has 0 aliphatic heterocycles. The van der Waals surface area contributed by atoms with Gasteiger partial charge in [-0.25, -0.2) is 5.84 Å². The molecule has 8 nitrogen and oxygen atoms in total. The smallest absolute Gasteiger partial charge is 0.233 e. The molecule has 0 amide bonds. The fourth-order valence-corrected chi connectivity index (χ4v) is 2.33. The summed E-state index contributed by atoms with van der Waals surface area (Å²) >= 11 is 6.06. The number of nitrogens with one attached hydrogen (secondary N) is 2. The van der Waals surface area contributed by atoms with Gasteiger partial charge in [0.2, 0.25) is 5.88 Å². The first-order valence-electron chi connectivity index (χ1n) is 8.55. The molecule has 0 bridgehead atoms. The standard InChI is InChI=1S/C18H26ClN5O3/c1-12-14(19)5-4-6-15(12)26-10-13(25)9-21-18(2,3)11-27-17-8-7-16(22-20)23-24-17/h4-8,13,21,25H,9-11,20H2,1-3H3,(H,22,23). The third-order valence-corrected chi connectivity index (χ3v) is 4.24. The van der Waals surface area contributed by atoms with Crippen LogP contribution in [0.3, 0.4) is 0 Å². The number of rotatable bonds is 10. The Bertz CT molecular complexity index is 727. The molecule has 1 aromatic heterocycles. The minimum Gasteiger partial charge on any atom is -0.491 e. The van der Waals surface area contributed by atoms with E-state index >= 15 is 0 Å². The van der Waals surface area contributed by atoms with E-state index in [4.69, 9.17) is 26.9 Å². The van der Waals surface area contributed by atoms with E-state index in [-0.39, 0.29) is 12.1 Å². The molecule has 148 valence electrons. The molecule has 9 heteroatoms. The van der Waals surface area contributed by atoms with Crippen LogP contribution >= 0.6 is 11.6 Å². The molecule has 1 unspecified atom stereocenters. The number of nitrogens with two attached hydrogens (primary N) is 1. The van der Waals surface area contributed by atoms with Crippen molar-refractivity contribution < 1.29 is 14.6 Å². The molecule has 2 aromatic rings. The maximum atomic E-state index is 10.2. The summed E-state index contributed by atoms with van der Waals surface area (Å²) < 4.78 is 11.3. The second-order valence-electron chi connectivity index (χ2n) is 6.78. The zero-order chi connectivity index (χ0) is 19.9. The van der Waals surface area contributed by atoms with Crippen molar-refractivity contribution in [3.63, 3.8) is 0 Å². The zero-order valence-electron chi connectivity index (χ0n) is 15.7. The lowest BCUT2D eigenvalue weighted by Crippen LogP contribution is -2.48. The second-order valence-corrected chi connectivity index (χ2v) is 7.19. The first-order chi connectivity index (χ1) is 12.8. The Morgan fingerprint density at radius 2 is 2.00 bits per heavy atom. The lowest BCUT2D eigenvalue weighted by Gasteiger charge is -2.27. The monoisotopic (exact) mass is 395 g/mol. The summed E-state index contributed by atoms with van der Waals surface area (Å²) in [4.78, 5) is 0. The van der Waals surface area contributed by atoms with Gasteiger partial charge in [-0.15, -0.1) is 10.2 Å². The normalized spacial score (nSPS) is 12.5. The summed E-state index contributed by atoms with van der Waals surface area (Å²) in [6.45, 7) is 6.65. The summed E-state index contributed by atoms with van der Waals surface area (Å²) in [6.07, 6.45) is -0.683. The van der Waals surface area contributed by atoms with Crippen LogP contribution in [-0.2, 0) is 0 Å². The average molecular weight is 396 g/mol. The van der Waals surface area contributed by atoms with Gasteiger partial charge in [-0.1, -0.05) is 17.7 Å². The Morgan fingerprint density at radius 1 is 1.22 bits per heavy atom. The number of β-amino-alcohol motifs (C(OH)–C–C–N with tert-alkyl or cyclic N) is 1. The van der Waals surface area contributed by atoms with Crippen molar-refractivity contribution in [2.75, 3.05) is 25.2 Å². The van der Waals surface area contributed by atoms with Crippen LogP contribution in [0.1, 0.15) is 19.4 Å².